The molecule has 2 heterocycles. The van der Waals surface area contributed by atoms with Gasteiger partial charge in [-0.15, -0.1) is 0 Å². The molecule has 1 aliphatic heterocycles. The number of carbonyl (C=O) groups excluding carboxylic acids is 2. The van der Waals surface area contributed by atoms with Crippen LogP contribution < -0.4 is 21.3 Å². The van der Waals surface area contributed by atoms with Crippen molar-refractivity contribution in [2.45, 2.75) is 6.18 Å². The summed E-state index contributed by atoms with van der Waals surface area (Å²) < 4.78 is 38.8. The van der Waals surface area contributed by atoms with Crippen LogP contribution in [0.15, 0.2) is 79.0 Å². The lowest BCUT2D eigenvalue weighted by molar-refractivity contribution is -0.137. The predicted molar refractivity (Wildman–Crippen MR) is 142 cm³/mol. The summed E-state index contributed by atoms with van der Waals surface area (Å²) in [6.45, 7) is 0. The lowest BCUT2D eigenvalue weighted by atomic mass is 10.1. The van der Waals surface area contributed by atoms with Crippen molar-refractivity contribution < 1.29 is 22.8 Å². The number of H-pyrrole nitrogens is 1. The van der Waals surface area contributed by atoms with Crippen molar-refractivity contribution >= 4 is 52.0 Å². The smallest absolute Gasteiger partial charge is 0.360 e. The summed E-state index contributed by atoms with van der Waals surface area (Å²) >= 11 is 0. The topological polar surface area (TPSA) is 122 Å². The summed E-state index contributed by atoms with van der Waals surface area (Å²) in [5.74, 6) is -0.270. The first kappa shape index (κ1) is 25.2. The molecule has 4 aromatic rings. The molecule has 1 aliphatic rings. The molecule has 0 radical (unpaired) electrons. The lowest BCUT2D eigenvalue weighted by Gasteiger charge is -2.12. The van der Waals surface area contributed by atoms with Crippen LogP contribution in [0.2, 0.25) is 0 Å². The fraction of sp³-hybridized carbons (Fsp3) is 0.0357. The van der Waals surface area contributed by atoms with Crippen LogP contribution in [0.1, 0.15) is 22.4 Å². The summed E-state index contributed by atoms with van der Waals surface area (Å²) in [4.78, 5) is 27.9. The van der Waals surface area contributed by atoms with Gasteiger partial charge in [0, 0.05) is 40.2 Å². The molecular weight excluding hydrogens is 509 g/mol. The molecule has 0 bridgehead atoms. The third kappa shape index (κ3) is 5.75. The monoisotopic (exact) mass is 528 g/mol. The molecule has 1 aromatic heterocycles. The van der Waals surface area contributed by atoms with Crippen molar-refractivity contribution in [1.82, 2.24) is 4.98 Å². The molecule has 0 unspecified atom stereocenters. The van der Waals surface area contributed by atoms with E-state index in [-0.39, 0.29) is 11.6 Å². The van der Waals surface area contributed by atoms with E-state index in [1.54, 1.807) is 60.8 Å². The summed E-state index contributed by atoms with van der Waals surface area (Å²) in [5.41, 5.74) is 3.73. The van der Waals surface area contributed by atoms with Crippen molar-refractivity contribution in [1.29, 1.82) is 5.26 Å². The maximum atomic E-state index is 12.9. The zero-order valence-corrected chi connectivity index (χ0v) is 20.0. The summed E-state index contributed by atoms with van der Waals surface area (Å²) in [6.07, 6.45) is -1.28. The third-order valence-electron chi connectivity index (χ3n) is 5.79. The molecule has 0 fully saturated rings. The van der Waals surface area contributed by atoms with Gasteiger partial charge in [-0.1, -0.05) is 18.2 Å². The first-order valence-electron chi connectivity index (χ1n) is 11.6. The zero-order valence-electron chi connectivity index (χ0n) is 20.0. The van der Waals surface area contributed by atoms with Crippen molar-refractivity contribution in [3.8, 4) is 6.07 Å². The van der Waals surface area contributed by atoms with Gasteiger partial charge in [0.2, 0.25) is 0 Å². The second-order valence-corrected chi connectivity index (χ2v) is 8.59. The third-order valence-corrected chi connectivity index (χ3v) is 5.79. The van der Waals surface area contributed by atoms with E-state index in [4.69, 9.17) is 5.26 Å². The van der Waals surface area contributed by atoms with Crippen LogP contribution in [0.3, 0.4) is 0 Å². The maximum absolute atomic E-state index is 12.9. The van der Waals surface area contributed by atoms with Gasteiger partial charge in [-0.05, 0) is 60.7 Å². The second-order valence-electron chi connectivity index (χ2n) is 8.59. The number of nitrogens with one attached hydrogen (secondary N) is 5. The number of hydrogen-bond acceptors (Lipinski definition) is 4. The van der Waals surface area contributed by atoms with Crippen LogP contribution >= 0.6 is 0 Å². The largest absolute Gasteiger partial charge is 0.416 e. The van der Waals surface area contributed by atoms with E-state index in [2.05, 4.69) is 26.3 Å². The molecule has 0 saturated carbocycles. The average Bonchev–Trinajstić information content (AvgIpc) is 3.47. The minimum atomic E-state index is -4.52. The van der Waals surface area contributed by atoms with Gasteiger partial charge in [0.1, 0.15) is 6.07 Å². The quantitative estimate of drug-likeness (QED) is 0.183. The number of rotatable bonds is 5. The summed E-state index contributed by atoms with van der Waals surface area (Å²) in [7, 11) is 0. The van der Waals surface area contributed by atoms with Crippen LogP contribution in [0, 0.1) is 11.3 Å². The fourth-order valence-electron chi connectivity index (χ4n) is 4.04. The molecule has 8 nitrogen and oxygen atoms in total. The van der Waals surface area contributed by atoms with Crippen LogP contribution in [0.25, 0.3) is 11.6 Å². The number of aromatic nitrogens is 1. The summed E-state index contributed by atoms with van der Waals surface area (Å²) in [5, 5.41) is 20.0. The number of nitriles is 1. The Morgan fingerprint density at radius 3 is 2.31 bits per heavy atom. The van der Waals surface area contributed by atoms with Gasteiger partial charge in [-0.25, -0.2) is 4.79 Å². The minimum Gasteiger partial charge on any atom is -0.360 e. The Hall–Kier alpha value is -5.50. The standard InChI is InChI=1S/C28H19F3N6O2/c29-28(30,31)17-3-1-4-18(10-17)35-27(39)36-20-6-2-5-19(11-20)34-21-7-8-23-24(26(38)37-25(23)13-21)12-22-9-16(14-32)15-33-22/h1-13,15,33-34H,(H,37,38)(H2,35,36,39)/b24-12+. The lowest BCUT2D eigenvalue weighted by Crippen LogP contribution is -2.19. The first-order valence-corrected chi connectivity index (χ1v) is 11.6. The number of amides is 3. The molecule has 5 N–H and O–H groups in total. The van der Waals surface area contributed by atoms with Crippen LogP contribution in [-0.2, 0) is 11.0 Å². The summed E-state index contributed by atoms with van der Waals surface area (Å²) in [6, 6.07) is 19.4. The number of urea groups is 1. The predicted octanol–water partition coefficient (Wildman–Crippen LogP) is 6.79. The van der Waals surface area contributed by atoms with E-state index in [1.165, 1.54) is 12.1 Å². The van der Waals surface area contributed by atoms with Crippen LogP contribution in [-0.4, -0.2) is 16.9 Å². The van der Waals surface area contributed by atoms with Gasteiger partial charge in [0.25, 0.3) is 5.91 Å². The zero-order chi connectivity index (χ0) is 27.6. The van der Waals surface area contributed by atoms with Gasteiger partial charge in [-0.2, -0.15) is 18.4 Å². The van der Waals surface area contributed by atoms with E-state index in [0.29, 0.717) is 45.1 Å². The second kappa shape index (κ2) is 10.1. The Morgan fingerprint density at radius 2 is 1.59 bits per heavy atom. The van der Waals surface area contributed by atoms with Crippen molar-refractivity contribution in [3.63, 3.8) is 0 Å². The molecule has 0 aliphatic carbocycles. The highest BCUT2D eigenvalue weighted by Crippen LogP contribution is 2.36. The number of anilines is 5. The first-order chi connectivity index (χ1) is 18.7. The number of halogens is 3. The Morgan fingerprint density at radius 1 is 0.897 bits per heavy atom. The van der Waals surface area contributed by atoms with Gasteiger partial charge in [0.15, 0.2) is 0 Å². The van der Waals surface area contributed by atoms with Gasteiger partial charge < -0.3 is 26.3 Å². The highest BCUT2D eigenvalue weighted by atomic mass is 19.4. The molecule has 5 rings (SSSR count). The average molecular weight is 528 g/mol. The van der Waals surface area contributed by atoms with E-state index in [9.17, 15) is 22.8 Å². The minimum absolute atomic E-state index is 0.00646. The van der Waals surface area contributed by atoms with Crippen LogP contribution in [0.4, 0.5) is 46.4 Å². The van der Waals surface area contributed by atoms with Crippen LogP contribution in [0.5, 0.6) is 0 Å². The highest BCUT2D eigenvalue weighted by Gasteiger charge is 2.30. The van der Waals surface area contributed by atoms with E-state index >= 15 is 0 Å². The van der Waals surface area contributed by atoms with E-state index < -0.39 is 17.8 Å². The number of carbonyl (C=O) groups is 2. The van der Waals surface area contributed by atoms with Crippen molar-refractivity contribution in [2.24, 2.45) is 0 Å². The number of fused-ring (bicyclic) bond motifs is 1. The Labute approximate surface area is 220 Å². The van der Waals surface area contributed by atoms with Gasteiger partial charge >= 0.3 is 12.2 Å². The fourth-order valence-corrected chi connectivity index (χ4v) is 4.04. The van der Waals surface area contributed by atoms with Crippen molar-refractivity contribution in [2.75, 3.05) is 21.3 Å². The Balaban J connectivity index is 1.27. The van der Waals surface area contributed by atoms with Gasteiger partial charge in [-0.3, -0.25) is 4.79 Å². The van der Waals surface area contributed by atoms with Crippen molar-refractivity contribution in [3.05, 3.63) is 101 Å². The number of nitrogens with zero attached hydrogens (tertiary/aromatic N) is 1. The van der Waals surface area contributed by atoms with E-state index in [0.717, 1.165) is 12.1 Å². The van der Waals surface area contributed by atoms with Gasteiger partial charge in [0.05, 0.1) is 22.4 Å². The molecule has 194 valence electrons. The number of hydrogen-bond donors (Lipinski definition) is 5. The normalized spacial score (nSPS) is 13.4. The Bertz CT molecular complexity index is 1670. The maximum Gasteiger partial charge on any atom is 0.416 e. The number of aromatic amines is 1. The molecule has 0 spiro atoms. The molecule has 3 aromatic carbocycles. The molecule has 11 heteroatoms. The molecule has 39 heavy (non-hydrogen) atoms. The molecule has 3 amide bonds. The SMILES string of the molecule is N#Cc1c[nH]c(/C=C2/C(=O)Nc3cc(Nc4cccc(NC(=O)Nc5cccc(C(F)(F)F)c5)c4)ccc32)c1. The molecule has 0 atom stereocenters. The molecule has 0 saturated heterocycles. The number of benzene rings is 3. The Kier molecular flexibility index (Phi) is 6.52. The highest BCUT2D eigenvalue weighted by molar-refractivity contribution is 6.35. The number of alkyl halides is 3. The van der Waals surface area contributed by atoms with E-state index in [1.807, 2.05) is 6.07 Å². The molecular formula is C28H19F3N6O2.